The average molecular weight is 462 g/mol. The van der Waals surface area contributed by atoms with Gasteiger partial charge in [0.2, 0.25) is 0 Å². The van der Waals surface area contributed by atoms with Gasteiger partial charge in [0.1, 0.15) is 11.5 Å². The summed E-state index contributed by atoms with van der Waals surface area (Å²) in [6.07, 6.45) is 1.48. The van der Waals surface area contributed by atoms with Crippen molar-refractivity contribution >= 4 is 34.0 Å². The molecule has 0 aromatic heterocycles. The number of nitrogens with one attached hydrogen (secondary N) is 1. The van der Waals surface area contributed by atoms with Crippen molar-refractivity contribution in [1.29, 1.82) is 0 Å². The van der Waals surface area contributed by atoms with E-state index in [9.17, 15) is 14.7 Å². The zero-order valence-corrected chi connectivity index (χ0v) is 17.1. The van der Waals surface area contributed by atoms with E-state index in [-0.39, 0.29) is 18.3 Å². The predicted octanol–water partition coefficient (Wildman–Crippen LogP) is 2.16. The Kier molecular flexibility index (Phi) is 7.20. The molecule has 9 heteroatoms. The number of aromatic hydroxyl groups is 1. The van der Waals surface area contributed by atoms with E-state index >= 15 is 0 Å². The second-order valence-electron chi connectivity index (χ2n) is 6.22. The van der Waals surface area contributed by atoms with Crippen LogP contribution in [0.4, 0.5) is 0 Å². The molecule has 1 fully saturated rings. The van der Waals surface area contributed by atoms with Crippen molar-refractivity contribution < 1.29 is 24.2 Å². The molecule has 8 nitrogen and oxygen atoms in total. The molecule has 3 rings (SSSR count). The molecular weight excluding hydrogens is 442 g/mol. The number of phenols is 1. The van der Waals surface area contributed by atoms with E-state index in [2.05, 4.69) is 26.5 Å². The monoisotopic (exact) mass is 461 g/mol. The number of hydrogen-bond donors (Lipinski definition) is 2. The highest BCUT2D eigenvalue weighted by molar-refractivity contribution is 9.10. The molecule has 1 aliphatic rings. The van der Waals surface area contributed by atoms with Crippen LogP contribution in [0, 0.1) is 0 Å². The van der Waals surface area contributed by atoms with Gasteiger partial charge >= 0.3 is 0 Å². The minimum absolute atomic E-state index is 0.00764. The van der Waals surface area contributed by atoms with Crippen LogP contribution in [0.3, 0.4) is 0 Å². The molecule has 0 spiro atoms. The van der Waals surface area contributed by atoms with Crippen LogP contribution in [-0.2, 0) is 9.53 Å². The third-order valence-corrected chi connectivity index (χ3v) is 4.78. The molecule has 1 heterocycles. The van der Waals surface area contributed by atoms with Gasteiger partial charge in [0.25, 0.3) is 11.8 Å². The molecule has 0 aliphatic carbocycles. The van der Waals surface area contributed by atoms with Gasteiger partial charge in [0.15, 0.2) is 6.61 Å². The van der Waals surface area contributed by atoms with Gasteiger partial charge in [0.05, 0.1) is 23.9 Å². The molecule has 2 aromatic carbocycles. The van der Waals surface area contributed by atoms with Gasteiger partial charge < -0.3 is 19.5 Å². The summed E-state index contributed by atoms with van der Waals surface area (Å²) in [4.78, 5) is 25.8. The quantitative estimate of drug-likeness (QED) is 0.506. The van der Waals surface area contributed by atoms with E-state index in [0.717, 1.165) is 5.56 Å². The number of phenolic OH excluding ortho intramolecular Hbond substituents is 1. The lowest BCUT2D eigenvalue weighted by atomic mass is 10.2. The van der Waals surface area contributed by atoms with Gasteiger partial charge in [-0.1, -0.05) is 6.07 Å². The molecule has 0 saturated carbocycles. The van der Waals surface area contributed by atoms with Crippen LogP contribution in [0.5, 0.6) is 11.5 Å². The van der Waals surface area contributed by atoms with Crippen molar-refractivity contribution in [3.63, 3.8) is 0 Å². The van der Waals surface area contributed by atoms with Crippen LogP contribution in [0.25, 0.3) is 0 Å². The first kappa shape index (κ1) is 20.8. The Labute approximate surface area is 176 Å². The summed E-state index contributed by atoms with van der Waals surface area (Å²) in [5, 5.41) is 13.3. The number of carbonyl (C=O) groups excluding carboxylic acids is 2. The Bertz CT molecular complexity index is 913. The number of nitrogens with zero attached hydrogens (tertiary/aromatic N) is 2. The number of hydrazone groups is 1. The first-order valence-corrected chi connectivity index (χ1v) is 9.72. The maximum Gasteiger partial charge on any atom is 0.271 e. The topological polar surface area (TPSA) is 100 Å². The van der Waals surface area contributed by atoms with Crippen LogP contribution in [0.1, 0.15) is 15.9 Å². The van der Waals surface area contributed by atoms with Crippen molar-refractivity contribution in [2.75, 3.05) is 32.9 Å². The smallest absolute Gasteiger partial charge is 0.271 e. The number of carbonyl (C=O) groups is 2. The Morgan fingerprint density at radius 3 is 2.76 bits per heavy atom. The van der Waals surface area contributed by atoms with Gasteiger partial charge in [0, 0.05) is 18.7 Å². The van der Waals surface area contributed by atoms with Gasteiger partial charge in [-0.15, -0.1) is 0 Å². The summed E-state index contributed by atoms with van der Waals surface area (Å²) in [6.45, 7) is 2.20. The van der Waals surface area contributed by atoms with Crippen molar-refractivity contribution in [2.45, 2.75) is 0 Å². The lowest BCUT2D eigenvalue weighted by Crippen LogP contribution is -2.43. The fourth-order valence-corrected chi connectivity index (χ4v) is 3.15. The van der Waals surface area contributed by atoms with Crippen LogP contribution >= 0.6 is 15.9 Å². The summed E-state index contributed by atoms with van der Waals surface area (Å²) in [5.41, 5.74) is 3.42. The van der Waals surface area contributed by atoms with Crippen LogP contribution in [0.15, 0.2) is 52.0 Å². The molecule has 0 unspecified atom stereocenters. The van der Waals surface area contributed by atoms with Gasteiger partial charge in [-0.25, -0.2) is 5.43 Å². The van der Waals surface area contributed by atoms with Gasteiger partial charge in [-0.3, -0.25) is 9.59 Å². The maximum absolute atomic E-state index is 12.1. The first-order chi connectivity index (χ1) is 14.0. The highest BCUT2D eigenvalue weighted by atomic mass is 79.9. The first-order valence-electron chi connectivity index (χ1n) is 8.93. The van der Waals surface area contributed by atoms with E-state index in [1.165, 1.54) is 18.3 Å². The molecule has 0 radical (unpaired) electrons. The fraction of sp³-hybridized carbons (Fsp3) is 0.250. The number of benzene rings is 2. The average Bonchev–Trinajstić information content (AvgIpc) is 2.73. The number of hydrogen-bond acceptors (Lipinski definition) is 6. The molecule has 1 saturated heterocycles. The Morgan fingerprint density at radius 2 is 2.03 bits per heavy atom. The highest BCUT2D eigenvalue weighted by Gasteiger charge is 2.17. The molecule has 2 amide bonds. The van der Waals surface area contributed by atoms with Crippen molar-refractivity contribution in [2.24, 2.45) is 5.10 Å². The fourth-order valence-electron chi connectivity index (χ4n) is 2.64. The van der Waals surface area contributed by atoms with Gasteiger partial charge in [-0.05, 0) is 57.9 Å². The van der Waals surface area contributed by atoms with Crippen LogP contribution < -0.4 is 10.2 Å². The predicted molar refractivity (Wildman–Crippen MR) is 110 cm³/mol. The standard InChI is InChI=1S/C20H20BrN3O5/c21-17-10-14(12-22-23-20(27)15-2-1-3-16(25)11-15)4-5-18(17)29-13-19(26)24-6-8-28-9-7-24/h1-5,10-12,25H,6-9,13H2,(H,23,27)/b22-12+. The molecule has 0 atom stereocenters. The third kappa shape index (κ3) is 6.03. The normalized spacial score (nSPS) is 14.0. The lowest BCUT2D eigenvalue weighted by molar-refractivity contribution is -0.137. The number of halogens is 1. The van der Waals surface area contributed by atoms with Crippen LogP contribution in [0.2, 0.25) is 0 Å². The summed E-state index contributed by atoms with van der Waals surface area (Å²) >= 11 is 3.41. The Balaban J connectivity index is 1.52. The van der Waals surface area contributed by atoms with E-state index in [1.807, 2.05) is 0 Å². The lowest BCUT2D eigenvalue weighted by Gasteiger charge is -2.26. The van der Waals surface area contributed by atoms with E-state index in [4.69, 9.17) is 9.47 Å². The van der Waals surface area contributed by atoms with Crippen molar-refractivity contribution in [3.05, 3.63) is 58.1 Å². The molecular formula is C20H20BrN3O5. The molecule has 2 aromatic rings. The molecule has 29 heavy (non-hydrogen) atoms. The summed E-state index contributed by atoms with van der Waals surface area (Å²) in [6, 6.07) is 11.2. The highest BCUT2D eigenvalue weighted by Crippen LogP contribution is 2.25. The Morgan fingerprint density at radius 1 is 1.24 bits per heavy atom. The maximum atomic E-state index is 12.1. The minimum Gasteiger partial charge on any atom is -0.508 e. The van der Waals surface area contributed by atoms with E-state index in [1.54, 1.807) is 35.2 Å². The number of ether oxygens (including phenoxy) is 2. The summed E-state index contributed by atoms with van der Waals surface area (Å²) < 4.78 is 11.5. The largest absolute Gasteiger partial charge is 0.508 e. The van der Waals surface area contributed by atoms with Crippen molar-refractivity contribution in [3.8, 4) is 11.5 Å². The molecule has 152 valence electrons. The number of amides is 2. The molecule has 2 N–H and O–H groups in total. The van der Waals surface area contributed by atoms with E-state index in [0.29, 0.717) is 42.1 Å². The minimum atomic E-state index is -0.433. The zero-order valence-electron chi connectivity index (χ0n) is 15.5. The number of rotatable bonds is 6. The Hall–Kier alpha value is -2.91. The van der Waals surface area contributed by atoms with Gasteiger partial charge in [-0.2, -0.15) is 5.10 Å². The third-order valence-electron chi connectivity index (χ3n) is 4.16. The van der Waals surface area contributed by atoms with Crippen LogP contribution in [-0.4, -0.2) is 60.9 Å². The second kappa shape index (κ2) is 10.0. The molecule has 0 bridgehead atoms. The number of morpholine rings is 1. The zero-order chi connectivity index (χ0) is 20.6. The van der Waals surface area contributed by atoms with E-state index < -0.39 is 5.91 Å². The van der Waals surface area contributed by atoms with Crippen molar-refractivity contribution in [1.82, 2.24) is 10.3 Å². The second-order valence-corrected chi connectivity index (χ2v) is 7.08. The summed E-state index contributed by atoms with van der Waals surface area (Å²) in [7, 11) is 0. The molecule has 1 aliphatic heterocycles. The summed E-state index contributed by atoms with van der Waals surface area (Å²) in [5.74, 6) is 0.0269. The SMILES string of the molecule is O=C(N/N=C/c1ccc(OCC(=O)N2CCOCC2)c(Br)c1)c1cccc(O)c1.